The van der Waals surface area contributed by atoms with Crippen molar-refractivity contribution in [3.63, 3.8) is 0 Å². The van der Waals surface area contributed by atoms with E-state index >= 15 is 0 Å². The first-order valence-corrected chi connectivity index (χ1v) is 9.75. The summed E-state index contributed by atoms with van der Waals surface area (Å²) in [7, 11) is 0. The van der Waals surface area contributed by atoms with Crippen LogP contribution in [0.25, 0.3) is 0 Å². The third-order valence-electron chi connectivity index (χ3n) is 4.10. The summed E-state index contributed by atoms with van der Waals surface area (Å²) >= 11 is 1.97. The van der Waals surface area contributed by atoms with Crippen LogP contribution < -0.4 is 10.6 Å². The number of thioether (sulfide) groups is 1. The van der Waals surface area contributed by atoms with Gasteiger partial charge < -0.3 is 15.7 Å². The lowest BCUT2D eigenvalue weighted by molar-refractivity contribution is -0.119. The van der Waals surface area contributed by atoms with Crippen molar-refractivity contribution in [2.45, 2.75) is 56.9 Å². The van der Waals surface area contributed by atoms with Crippen LogP contribution in [0.5, 0.6) is 0 Å². The zero-order chi connectivity index (χ0) is 16.5. The summed E-state index contributed by atoms with van der Waals surface area (Å²) in [6, 6.07) is 7.51. The molecular weight excluding hydrogens is 308 g/mol. The van der Waals surface area contributed by atoms with E-state index in [1.807, 2.05) is 23.9 Å². The Bertz CT molecular complexity index is 478. The molecule has 1 amide bonds. The lowest BCUT2D eigenvalue weighted by atomic mass is 10.1. The summed E-state index contributed by atoms with van der Waals surface area (Å²) < 4.78 is 0. The highest BCUT2D eigenvalue weighted by molar-refractivity contribution is 7.98. The van der Waals surface area contributed by atoms with Crippen LogP contribution in [0.2, 0.25) is 0 Å². The topological polar surface area (TPSA) is 61.4 Å². The number of aliphatic hydroxyl groups is 1. The summed E-state index contributed by atoms with van der Waals surface area (Å²) in [5.74, 6) is 2.07. The van der Waals surface area contributed by atoms with Crippen LogP contribution in [-0.2, 0) is 10.5 Å². The molecular formula is C18H28N2O2S. The van der Waals surface area contributed by atoms with Gasteiger partial charge in [0.05, 0.1) is 6.10 Å². The number of nitrogens with one attached hydrogen (secondary N) is 2. The SMILES string of the molecule is CCCCCCSCc1ccc(NC(=O)C2NCC[C@H]2O)cc1. The molecule has 1 unspecified atom stereocenters. The van der Waals surface area contributed by atoms with Crippen LogP contribution in [0.3, 0.4) is 0 Å². The molecule has 3 N–H and O–H groups in total. The van der Waals surface area contributed by atoms with E-state index in [-0.39, 0.29) is 5.91 Å². The zero-order valence-electron chi connectivity index (χ0n) is 13.9. The highest BCUT2D eigenvalue weighted by Gasteiger charge is 2.30. The van der Waals surface area contributed by atoms with Gasteiger partial charge in [-0.3, -0.25) is 4.79 Å². The average Bonchev–Trinajstić information content (AvgIpc) is 2.98. The van der Waals surface area contributed by atoms with Gasteiger partial charge in [0, 0.05) is 11.4 Å². The fraction of sp³-hybridized carbons (Fsp3) is 0.611. The Hall–Kier alpha value is -1.04. The van der Waals surface area contributed by atoms with Crippen LogP contribution in [0.15, 0.2) is 24.3 Å². The van der Waals surface area contributed by atoms with E-state index in [9.17, 15) is 9.90 Å². The Morgan fingerprint density at radius 2 is 2.09 bits per heavy atom. The molecule has 0 radical (unpaired) electrons. The lowest BCUT2D eigenvalue weighted by Crippen LogP contribution is -2.42. The van der Waals surface area contributed by atoms with Crippen molar-refractivity contribution >= 4 is 23.4 Å². The van der Waals surface area contributed by atoms with Crippen molar-refractivity contribution in [2.75, 3.05) is 17.6 Å². The van der Waals surface area contributed by atoms with E-state index in [1.165, 1.54) is 37.0 Å². The van der Waals surface area contributed by atoms with Gasteiger partial charge in [-0.1, -0.05) is 38.3 Å². The Balaban J connectivity index is 1.70. The molecule has 0 saturated carbocycles. The van der Waals surface area contributed by atoms with Gasteiger partial charge in [-0.05, 0) is 42.8 Å². The summed E-state index contributed by atoms with van der Waals surface area (Å²) in [5, 5.41) is 15.6. The predicted octanol–water partition coefficient (Wildman–Crippen LogP) is 3.16. The average molecular weight is 337 g/mol. The molecule has 2 rings (SSSR count). The van der Waals surface area contributed by atoms with Crippen LogP contribution in [0, 0.1) is 0 Å². The first kappa shape index (κ1) is 18.3. The van der Waals surface area contributed by atoms with Gasteiger partial charge in [-0.25, -0.2) is 0 Å². The number of carbonyl (C=O) groups excluding carboxylic acids is 1. The summed E-state index contributed by atoms with van der Waals surface area (Å²) in [6.07, 6.45) is 5.29. The Morgan fingerprint density at radius 3 is 2.74 bits per heavy atom. The summed E-state index contributed by atoms with van der Waals surface area (Å²) in [5.41, 5.74) is 2.06. The molecule has 1 aromatic carbocycles. The molecule has 1 heterocycles. The van der Waals surface area contributed by atoms with Gasteiger partial charge in [0.15, 0.2) is 0 Å². The fourth-order valence-corrected chi connectivity index (χ4v) is 3.66. The van der Waals surface area contributed by atoms with Crippen molar-refractivity contribution < 1.29 is 9.90 Å². The number of benzene rings is 1. The molecule has 1 aliphatic heterocycles. The number of carbonyl (C=O) groups is 1. The maximum Gasteiger partial charge on any atom is 0.244 e. The summed E-state index contributed by atoms with van der Waals surface area (Å²) in [4.78, 5) is 12.1. The van der Waals surface area contributed by atoms with Crippen molar-refractivity contribution in [2.24, 2.45) is 0 Å². The number of hydrogen-bond acceptors (Lipinski definition) is 4. The molecule has 1 aliphatic rings. The van der Waals surface area contributed by atoms with Gasteiger partial charge in [0.25, 0.3) is 0 Å². The predicted molar refractivity (Wildman–Crippen MR) is 97.8 cm³/mol. The number of unbranched alkanes of at least 4 members (excludes halogenated alkanes) is 3. The molecule has 128 valence electrons. The van der Waals surface area contributed by atoms with Crippen molar-refractivity contribution in [1.29, 1.82) is 0 Å². The van der Waals surface area contributed by atoms with Crippen LogP contribution in [-0.4, -0.2) is 35.5 Å². The summed E-state index contributed by atoms with van der Waals surface area (Å²) in [6.45, 7) is 2.92. The highest BCUT2D eigenvalue weighted by atomic mass is 32.2. The molecule has 0 spiro atoms. The van der Waals surface area contributed by atoms with E-state index < -0.39 is 12.1 Å². The monoisotopic (exact) mass is 336 g/mol. The molecule has 5 heteroatoms. The minimum Gasteiger partial charge on any atom is -0.391 e. The van der Waals surface area contributed by atoms with Crippen molar-refractivity contribution in [1.82, 2.24) is 5.32 Å². The fourth-order valence-electron chi connectivity index (χ4n) is 2.68. The minimum absolute atomic E-state index is 0.159. The molecule has 1 fully saturated rings. The van der Waals surface area contributed by atoms with Crippen LogP contribution in [0.4, 0.5) is 5.69 Å². The maximum absolute atomic E-state index is 12.1. The van der Waals surface area contributed by atoms with E-state index in [2.05, 4.69) is 29.7 Å². The molecule has 2 atom stereocenters. The Labute approximate surface area is 143 Å². The van der Waals surface area contributed by atoms with E-state index in [1.54, 1.807) is 0 Å². The third kappa shape index (κ3) is 6.16. The number of rotatable bonds is 9. The van der Waals surface area contributed by atoms with Crippen LogP contribution >= 0.6 is 11.8 Å². The smallest absolute Gasteiger partial charge is 0.244 e. The lowest BCUT2D eigenvalue weighted by Gasteiger charge is -2.14. The van der Waals surface area contributed by atoms with Crippen molar-refractivity contribution in [3.05, 3.63) is 29.8 Å². The molecule has 1 aromatic rings. The number of aliphatic hydroxyl groups excluding tert-OH is 1. The molecule has 4 nitrogen and oxygen atoms in total. The quantitative estimate of drug-likeness (QED) is 0.606. The first-order valence-electron chi connectivity index (χ1n) is 8.59. The Kier molecular flexibility index (Phi) is 7.92. The van der Waals surface area contributed by atoms with Gasteiger partial charge in [-0.2, -0.15) is 11.8 Å². The molecule has 0 aromatic heterocycles. The van der Waals surface area contributed by atoms with E-state index in [0.717, 1.165) is 11.4 Å². The number of hydrogen-bond donors (Lipinski definition) is 3. The highest BCUT2D eigenvalue weighted by Crippen LogP contribution is 2.18. The molecule has 0 aliphatic carbocycles. The molecule has 0 bridgehead atoms. The Morgan fingerprint density at radius 1 is 1.30 bits per heavy atom. The third-order valence-corrected chi connectivity index (χ3v) is 5.22. The second-order valence-corrected chi connectivity index (χ2v) is 7.19. The van der Waals surface area contributed by atoms with Gasteiger partial charge in [0.2, 0.25) is 5.91 Å². The number of anilines is 1. The van der Waals surface area contributed by atoms with E-state index in [4.69, 9.17) is 0 Å². The normalized spacial score (nSPS) is 20.6. The molecule has 1 saturated heterocycles. The minimum atomic E-state index is -0.585. The maximum atomic E-state index is 12.1. The van der Waals surface area contributed by atoms with E-state index in [0.29, 0.717) is 13.0 Å². The van der Waals surface area contributed by atoms with Gasteiger partial charge >= 0.3 is 0 Å². The largest absolute Gasteiger partial charge is 0.391 e. The van der Waals surface area contributed by atoms with Crippen LogP contribution in [0.1, 0.15) is 44.6 Å². The zero-order valence-corrected chi connectivity index (χ0v) is 14.7. The van der Waals surface area contributed by atoms with Crippen molar-refractivity contribution in [3.8, 4) is 0 Å². The standard InChI is InChI=1S/C18H28N2O2S/c1-2-3-4-5-12-23-13-14-6-8-15(9-7-14)20-18(22)17-16(21)10-11-19-17/h6-9,16-17,19,21H,2-5,10-13H2,1H3,(H,20,22)/t16-,17?/m1/s1. The second-order valence-electron chi connectivity index (χ2n) is 6.09. The number of amides is 1. The second kappa shape index (κ2) is 9.96. The van der Waals surface area contributed by atoms with Gasteiger partial charge in [-0.15, -0.1) is 0 Å². The van der Waals surface area contributed by atoms with Gasteiger partial charge in [0.1, 0.15) is 6.04 Å². The molecule has 23 heavy (non-hydrogen) atoms. The first-order chi connectivity index (χ1) is 11.2.